The Balaban J connectivity index is 1.83. The monoisotopic (exact) mass is 274 g/mol. The number of nitrogens with one attached hydrogen (secondary N) is 1. The molecule has 4 heteroatoms. The normalized spacial score (nSPS) is 21.9. The third-order valence-electron chi connectivity index (χ3n) is 4.77. The van der Waals surface area contributed by atoms with Crippen molar-refractivity contribution in [3.05, 3.63) is 29.8 Å². The average molecular weight is 274 g/mol. The molecule has 0 amide bonds. The van der Waals surface area contributed by atoms with Gasteiger partial charge in [-0.1, -0.05) is 25.0 Å². The molecule has 1 aliphatic heterocycles. The van der Waals surface area contributed by atoms with Crippen LogP contribution in [0, 0.1) is 0 Å². The van der Waals surface area contributed by atoms with Crippen LogP contribution in [0.5, 0.6) is 0 Å². The Morgan fingerprint density at radius 2 is 1.70 bits per heavy atom. The number of aliphatic carboxylic acids is 1. The van der Waals surface area contributed by atoms with Gasteiger partial charge in [0.15, 0.2) is 0 Å². The zero-order valence-electron chi connectivity index (χ0n) is 11.8. The maximum absolute atomic E-state index is 11.7. The summed E-state index contributed by atoms with van der Waals surface area (Å²) in [4.78, 5) is 14.0. The molecule has 0 unspecified atom stereocenters. The van der Waals surface area contributed by atoms with Crippen LogP contribution in [-0.4, -0.2) is 37.3 Å². The molecule has 2 aliphatic rings. The van der Waals surface area contributed by atoms with Crippen molar-refractivity contribution in [1.82, 2.24) is 5.32 Å². The van der Waals surface area contributed by atoms with E-state index in [0.29, 0.717) is 0 Å². The van der Waals surface area contributed by atoms with Crippen molar-refractivity contribution >= 4 is 11.7 Å². The highest BCUT2D eigenvalue weighted by Gasteiger charge is 2.42. The second kappa shape index (κ2) is 5.44. The molecular weight excluding hydrogens is 252 g/mol. The maximum Gasteiger partial charge on any atom is 0.314 e. The van der Waals surface area contributed by atoms with Crippen LogP contribution in [0.4, 0.5) is 5.69 Å². The van der Waals surface area contributed by atoms with Crippen LogP contribution in [-0.2, 0) is 10.2 Å². The number of carboxylic acid groups (broad SMARTS) is 1. The van der Waals surface area contributed by atoms with Crippen molar-refractivity contribution in [1.29, 1.82) is 0 Å². The molecule has 2 fully saturated rings. The van der Waals surface area contributed by atoms with E-state index in [1.165, 1.54) is 5.69 Å². The number of rotatable bonds is 3. The first-order valence-electron chi connectivity index (χ1n) is 7.52. The van der Waals surface area contributed by atoms with Gasteiger partial charge in [0.25, 0.3) is 0 Å². The lowest BCUT2D eigenvalue weighted by molar-refractivity contribution is -0.143. The lowest BCUT2D eigenvalue weighted by atomic mass is 9.79. The molecule has 2 N–H and O–H groups in total. The van der Waals surface area contributed by atoms with E-state index in [0.717, 1.165) is 57.4 Å². The third kappa shape index (κ3) is 2.29. The van der Waals surface area contributed by atoms with Gasteiger partial charge in [0, 0.05) is 31.9 Å². The van der Waals surface area contributed by atoms with Gasteiger partial charge in [-0.2, -0.15) is 0 Å². The van der Waals surface area contributed by atoms with Crippen LogP contribution < -0.4 is 10.2 Å². The number of hydrogen-bond donors (Lipinski definition) is 2. The largest absolute Gasteiger partial charge is 0.481 e. The molecule has 3 rings (SSSR count). The van der Waals surface area contributed by atoms with Gasteiger partial charge in [-0.15, -0.1) is 0 Å². The van der Waals surface area contributed by atoms with Crippen LogP contribution >= 0.6 is 0 Å². The van der Waals surface area contributed by atoms with E-state index in [4.69, 9.17) is 0 Å². The zero-order chi connectivity index (χ0) is 14.0. The van der Waals surface area contributed by atoms with E-state index in [1.54, 1.807) is 0 Å². The Hall–Kier alpha value is -1.55. The van der Waals surface area contributed by atoms with Crippen LogP contribution in [0.15, 0.2) is 24.3 Å². The summed E-state index contributed by atoms with van der Waals surface area (Å²) in [5.41, 5.74) is 1.54. The fourth-order valence-corrected chi connectivity index (χ4v) is 3.52. The highest BCUT2D eigenvalue weighted by atomic mass is 16.4. The smallest absolute Gasteiger partial charge is 0.314 e. The fourth-order valence-electron chi connectivity index (χ4n) is 3.52. The lowest BCUT2D eigenvalue weighted by Gasteiger charge is -2.30. The zero-order valence-corrected chi connectivity index (χ0v) is 11.8. The minimum Gasteiger partial charge on any atom is -0.481 e. The predicted octanol–water partition coefficient (Wildman–Crippen LogP) is 1.99. The number of nitrogens with zero attached hydrogens (tertiary/aromatic N) is 1. The first-order valence-corrected chi connectivity index (χ1v) is 7.52. The summed E-state index contributed by atoms with van der Waals surface area (Å²) in [5, 5.41) is 13.0. The highest BCUT2D eigenvalue weighted by Crippen LogP contribution is 2.41. The van der Waals surface area contributed by atoms with Gasteiger partial charge < -0.3 is 15.3 Å². The first kappa shape index (κ1) is 13.4. The van der Waals surface area contributed by atoms with Gasteiger partial charge in [-0.3, -0.25) is 4.79 Å². The molecule has 1 saturated carbocycles. The van der Waals surface area contributed by atoms with Crippen LogP contribution in [0.2, 0.25) is 0 Å². The summed E-state index contributed by atoms with van der Waals surface area (Å²) in [6, 6.07) is 8.22. The van der Waals surface area contributed by atoms with Crippen molar-refractivity contribution in [2.75, 3.05) is 31.1 Å². The summed E-state index contributed by atoms with van der Waals surface area (Å²) < 4.78 is 0. The Morgan fingerprint density at radius 3 is 2.25 bits per heavy atom. The number of hydrogen-bond acceptors (Lipinski definition) is 3. The lowest BCUT2D eigenvalue weighted by Crippen LogP contribution is -2.43. The van der Waals surface area contributed by atoms with E-state index >= 15 is 0 Å². The van der Waals surface area contributed by atoms with Crippen molar-refractivity contribution in [2.24, 2.45) is 0 Å². The number of anilines is 1. The van der Waals surface area contributed by atoms with Gasteiger partial charge >= 0.3 is 5.97 Å². The molecule has 0 bridgehead atoms. The van der Waals surface area contributed by atoms with Crippen molar-refractivity contribution in [3.63, 3.8) is 0 Å². The molecule has 108 valence electrons. The summed E-state index contributed by atoms with van der Waals surface area (Å²) in [7, 11) is 0. The Labute approximate surface area is 119 Å². The van der Waals surface area contributed by atoms with Crippen LogP contribution in [0.3, 0.4) is 0 Å². The maximum atomic E-state index is 11.7. The second-order valence-corrected chi connectivity index (χ2v) is 5.88. The fraction of sp³-hybridized carbons (Fsp3) is 0.562. The van der Waals surface area contributed by atoms with Crippen molar-refractivity contribution in [2.45, 2.75) is 31.1 Å². The van der Waals surface area contributed by atoms with E-state index in [9.17, 15) is 9.90 Å². The molecule has 20 heavy (non-hydrogen) atoms. The summed E-state index contributed by atoms with van der Waals surface area (Å²) in [5.74, 6) is -0.662. The molecule has 1 heterocycles. The number of carbonyl (C=O) groups is 1. The molecule has 1 saturated heterocycles. The van der Waals surface area contributed by atoms with Crippen molar-refractivity contribution in [3.8, 4) is 0 Å². The topological polar surface area (TPSA) is 52.6 Å². The van der Waals surface area contributed by atoms with E-state index in [-0.39, 0.29) is 0 Å². The Kier molecular flexibility index (Phi) is 3.66. The molecular formula is C16H22N2O2. The first-order chi connectivity index (χ1) is 9.72. The molecule has 0 spiro atoms. The Bertz CT molecular complexity index is 472. The minimum atomic E-state index is -0.662. The number of carboxylic acids is 1. The standard InChI is InChI=1S/C16H22N2O2/c19-15(20)16(7-1-2-8-16)13-3-5-14(6-4-13)18-11-9-17-10-12-18/h3-6,17H,1-2,7-12H2,(H,19,20). The third-order valence-corrected chi connectivity index (χ3v) is 4.77. The quantitative estimate of drug-likeness (QED) is 0.885. The summed E-state index contributed by atoms with van der Waals surface area (Å²) in [6.45, 7) is 4.06. The highest BCUT2D eigenvalue weighted by molar-refractivity contribution is 5.82. The summed E-state index contributed by atoms with van der Waals surface area (Å²) >= 11 is 0. The average Bonchev–Trinajstić information content (AvgIpc) is 2.99. The molecule has 0 aromatic heterocycles. The van der Waals surface area contributed by atoms with Crippen LogP contribution in [0.25, 0.3) is 0 Å². The molecule has 1 aliphatic carbocycles. The van der Waals surface area contributed by atoms with Gasteiger partial charge in [0.05, 0.1) is 5.41 Å². The van der Waals surface area contributed by atoms with E-state index in [1.807, 2.05) is 12.1 Å². The molecule has 0 atom stereocenters. The van der Waals surface area contributed by atoms with E-state index < -0.39 is 11.4 Å². The van der Waals surface area contributed by atoms with Gasteiger partial charge in [-0.05, 0) is 30.5 Å². The SMILES string of the molecule is O=C(O)C1(c2ccc(N3CCNCC3)cc2)CCCC1. The second-order valence-electron chi connectivity index (χ2n) is 5.88. The molecule has 0 radical (unpaired) electrons. The minimum absolute atomic E-state index is 0.637. The number of benzene rings is 1. The van der Waals surface area contributed by atoms with Gasteiger partial charge in [0.2, 0.25) is 0 Å². The van der Waals surface area contributed by atoms with Crippen LogP contribution in [0.1, 0.15) is 31.2 Å². The Morgan fingerprint density at radius 1 is 1.10 bits per heavy atom. The molecule has 1 aromatic rings. The summed E-state index contributed by atoms with van der Waals surface area (Å²) in [6.07, 6.45) is 3.59. The van der Waals surface area contributed by atoms with Gasteiger partial charge in [-0.25, -0.2) is 0 Å². The molecule has 1 aromatic carbocycles. The predicted molar refractivity (Wildman–Crippen MR) is 79.3 cm³/mol. The van der Waals surface area contributed by atoms with E-state index in [2.05, 4.69) is 22.3 Å². The van der Waals surface area contributed by atoms with Crippen molar-refractivity contribution < 1.29 is 9.90 Å². The number of piperazine rings is 1. The molecule has 4 nitrogen and oxygen atoms in total. The van der Waals surface area contributed by atoms with Gasteiger partial charge in [0.1, 0.15) is 0 Å².